The second kappa shape index (κ2) is 16.0. The first-order valence-corrected chi connectivity index (χ1v) is 18.1. The summed E-state index contributed by atoms with van der Waals surface area (Å²) in [4.78, 5) is 37.2. The smallest absolute Gasteiger partial charge is 0.327 e. The Morgan fingerprint density at radius 1 is 1.04 bits per heavy atom. The normalized spacial score (nSPS) is 22.0. The molecule has 246 valence electrons. The number of aliphatic carboxylic acids is 1. The number of carboxylic acids is 1. The van der Waals surface area contributed by atoms with E-state index < -0.39 is 33.6 Å². The van der Waals surface area contributed by atoms with Gasteiger partial charge in [0.1, 0.15) is 17.5 Å². The minimum absolute atomic E-state index is 0.191. The summed E-state index contributed by atoms with van der Waals surface area (Å²) in [6.07, 6.45) is 8.52. The van der Waals surface area contributed by atoms with E-state index in [9.17, 15) is 23.7 Å². The fraction of sp³-hybridized carbons (Fsp3) is 0.559. The van der Waals surface area contributed by atoms with Crippen molar-refractivity contribution in [2.24, 2.45) is 0 Å². The minimum Gasteiger partial charge on any atom is -0.480 e. The number of hydrogen-bond donors (Lipinski definition) is 2. The predicted molar refractivity (Wildman–Crippen MR) is 178 cm³/mol. The van der Waals surface area contributed by atoms with Crippen molar-refractivity contribution in [2.45, 2.75) is 107 Å². The number of fused-ring (bicyclic) bond motifs is 2. The first kappa shape index (κ1) is 34.8. The van der Waals surface area contributed by atoms with Crippen LogP contribution in [0.5, 0.6) is 11.5 Å². The van der Waals surface area contributed by atoms with Crippen molar-refractivity contribution in [1.82, 2.24) is 10.2 Å². The van der Waals surface area contributed by atoms with Crippen LogP contribution >= 0.6 is 11.8 Å². The number of carbonyl (C=O) groups excluding carboxylic acids is 2. The number of carboxylic acid groups (broad SMARTS) is 1. The molecule has 45 heavy (non-hydrogen) atoms. The zero-order chi connectivity index (χ0) is 32.6. The number of unbranched alkanes of at least 4 members (excludes halogenated alkanes) is 5. The fourth-order valence-electron chi connectivity index (χ4n) is 5.87. The highest BCUT2D eigenvalue weighted by atomic mass is 32.2. The van der Waals surface area contributed by atoms with Gasteiger partial charge in [0, 0.05) is 26.5 Å². The molecule has 2 saturated heterocycles. The van der Waals surface area contributed by atoms with Gasteiger partial charge < -0.3 is 24.8 Å². The van der Waals surface area contributed by atoms with Crippen LogP contribution < -0.4 is 14.8 Å². The fourth-order valence-corrected chi connectivity index (χ4v) is 8.76. The zero-order valence-corrected chi connectivity index (χ0v) is 28.3. The van der Waals surface area contributed by atoms with Crippen molar-refractivity contribution in [3.05, 3.63) is 59.7 Å². The third kappa shape index (κ3) is 9.03. The zero-order valence-electron chi connectivity index (χ0n) is 26.7. The maximum Gasteiger partial charge on any atom is 0.327 e. The summed E-state index contributed by atoms with van der Waals surface area (Å²) >= 11 is 1.42. The number of nitrogens with zero attached hydrogens (tertiary/aromatic N) is 1. The molecule has 9 nitrogen and oxygen atoms in total. The minimum atomic E-state index is -1.01. The molecule has 0 saturated carbocycles. The Labute approximate surface area is 273 Å². The van der Waals surface area contributed by atoms with Gasteiger partial charge in [-0.2, -0.15) is 0 Å². The van der Waals surface area contributed by atoms with E-state index >= 15 is 0 Å². The monoisotopic (exact) mass is 658 g/mol. The molecule has 2 aromatic rings. The summed E-state index contributed by atoms with van der Waals surface area (Å²) in [7, 11) is -0.743. The maximum absolute atomic E-state index is 12.3. The van der Waals surface area contributed by atoms with Crippen molar-refractivity contribution in [1.29, 1.82) is 0 Å². The molecule has 2 fully saturated rings. The molecule has 5 atom stereocenters. The van der Waals surface area contributed by atoms with E-state index in [0.29, 0.717) is 6.79 Å². The van der Waals surface area contributed by atoms with Gasteiger partial charge in [0.05, 0.1) is 6.42 Å². The molecule has 2 amide bonds. The van der Waals surface area contributed by atoms with Gasteiger partial charge in [0.15, 0.2) is 11.5 Å². The Morgan fingerprint density at radius 2 is 1.73 bits per heavy atom. The molecular weight excluding hydrogens is 613 g/mol. The van der Waals surface area contributed by atoms with E-state index in [-0.39, 0.29) is 28.9 Å². The molecule has 11 heteroatoms. The average molecular weight is 659 g/mol. The first-order valence-electron chi connectivity index (χ1n) is 15.8. The summed E-state index contributed by atoms with van der Waals surface area (Å²) in [5.74, 6) is 0.898. The SMILES string of the molecule is CC1(C)S[C@@H]2[C@H](NC(=O)Cc3ccccc3)C(=O)N2[C@H]1C(=O)O.CCCCCCCCS(=O)C(C)Cc1ccc2c(c1)OCO2. The van der Waals surface area contributed by atoms with E-state index in [1.807, 2.05) is 62.4 Å². The molecule has 3 aliphatic heterocycles. The Kier molecular flexibility index (Phi) is 12.4. The van der Waals surface area contributed by atoms with E-state index in [4.69, 9.17) is 9.47 Å². The van der Waals surface area contributed by atoms with Crippen molar-refractivity contribution >= 4 is 40.3 Å². The van der Waals surface area contributed by atoms with Crippen LogP contribution in [0.3, 0.4) is 0 Å². The lowest BCUT2D eigenvalue weighted by Crippen LogP contribution is -2.70. The van der Waals surface area contributed by atoms with Gasteiger partial charge in [0.25, 0.3) is 0 Å². The Bertz CT molecular complexity index is 1350. The summed E-state index contributed by atoms with van der Waals surface area (Å²) < 4.78 is 22.5. The topological polar surface area (TPSA) is 122 Å². The van der Waals surface area contributed by atoms with E-state index in [2.05, 4.69) is 19.2 Å². The molecule has 5 rings (SSSR count). The number of β-lactam (4-membered cyclic amide) rings is 1. The van der Waals surface area contributed by atoms with Crippen LogP contribution in [0.25, 0.3) is 0 Å². The molecule has 0 spiro atoms. The van der Waals surface area contributed by atoms with Gasteiger partial charge >= 0.3 is 5.97 Å². The highest BCUT2D eigenvalue weighted by molar-refractivity contribution is 8.01. The van der Waals surface area contributed by atoms with Gasteiger partial charge in [0.2, 0.25) is 18.6 Å². The van der Waals surface area contributed by atoms with Gasteiger partial charge in [-0.3, -0.25) is 13.8 Å². The largest absolute Gasteiger partial charge is 0.480 e. The van der Waals surface area contributed by atoms with Crippen molar-refractivity contribution in [2.75, 3.05) is 12.5 Å². The van der Waals surface area contributed by atoms with Crippen molar-refractivity contribution < 1.29 is 33.2 Å². The second-order valence-corrected chi connectivity index (χ2v) is 16.1. The van der Waals surface area contributed by atoms with Crippen LogP contribution in [0.15, 0.2) is 48.5 Å². The Balaban J connectivity index is 0.000000205. The molecule has 2 aromatic carbocycles. The molecule has 2 N–H and O–H groups in total. The lowest BCUT2D eigenvalue weighted by molar-refractivity contribution is -0.161. The van der Waals surface area contributed by atoms with Crippen LogP contribution in [-0.4, -0.2) is 72.0 Å². The standard InChI is InChI=1S/C18H28O3S.C16H18N2O4S/c1-3-4-5-6-7-8-11-22(19)15(2)12-16-9-10-17-18(13-16)21-14-20-17;1-16(2)12(15(21)22)18-13(20)11(14(18)23-16)17-10(19)8-9-6-4-3-5-7-9/h9-10,13,15H,3-8,11-12,14H2,1-2H3;3-7,11-12,14H,8H2,1-2H3,(H,17,19)(H,21,22)/t;11-,12+,14-/m.1/s1. The molecule has 3 heterocycles. The highest BCUT2D eigenvalue weighted by Crippen LogP contribution is 2.50. The van der Waals surface area contributed by atoms with Crippen molar-refractivity contribution in [3.63, 3.8) is 0 Å². The number of carbonyl (C=O) groups is 3. The second-order valence-electron chi connectivity index (χ2n) is 12.4. The molecule has 3 aliphatic rings. The molecule has 0 radical (unpaired) electrons. The van der Waals surface area contributed by atoms with E-state index in [0.717, 1.165) is 35.7 Å². The van der Waals surface area contributed by atoms with Gasteiger partial charge in [-0.05, 0) is 49.9 Å². The van der Waals surface area contributed by atoms with E-state index in [1.165, 1.54) is 54.3 Å². The molecule has 0 aromatic heterocycles. The number of hydrogen-bond acceptors (Lipinski definition) is 7. The third-order valence-corrected chi connectivity index (χ3v) is 11.6. The highest BCUT2D eigenvalue weighted by Gasteiger charge is 2.64. The lowest BCUT2D eigenvalue weighted by Gasteiger charge is -2.43. The predicted octanol–water partition coefficient (Wildman–Crippen LogP) is 5.32. The quantitative estimate of drug-likeness (QED) is 0.207. The van der Waals surface area contributed by atoms with Gasteiger partial charge in [-0.1, -0.05) is 82.3 Å². The number of nitrogens with one attached hydrogen (secondary N) is 1. The summed E-state index contributed by atoms with van der Waals surface area (Å²) in [5, 5.41) is 12.0. The third-order valence-electron chi connectivity index (χ3n) is 8.31. The average Bonchev–Trinajstić information content (AvgIpc) is 3.58. The Hall–Kier alpha value is -3.05. The van der Waals surface area contributed by atoms with E-state index in [1.54, 1.807) is 0 Å². The molecular formula is C34H46N2O7S2. The van der Waals surface area contributed by atoms with Gasteiger partial charge in [-0.25, -0.2) is 4.79 Å². The first-order chi connectivity index (χ1) is 21.5. The van der Waals surface area contributed by atoms with Crippen LogP contribution in [0.1, 0.15) is 77.3 Å². The van der Waals surface area contributed by atoms with Gasteiger partial charge in [-0.15, -0.1) is 11.8 Å². The number of rotatable bonds is 14. The number of benzene rings is 2. The summed E-state index contributed by atoms with van der Waals surface area (Å²) in [6.45, 7) is 8.23. The van der Waals surface area contributed by atoms with Crippen LogP contribution in [0.4, 0.5) is 0 Å². The van der Waals surface area contributed by atoms with Crippen LogP contribution in [-0.2, 0) is 38.0 Å². The van der Waals surface area contributed by atoms with Crippen LogP contribution in [0.2, 0.25) is 0 Å². The van der Waals surface area contributed by atoms with Crippen molar-refractivity contribution in [3.8, 4) is 11.5 Å². The number of ether oxygens (including phenoxy) is 2. The molecule has 0 aliphatic carbocycles. The summed E-state index contributed by atoms with van der Waals surface area (Å²) in [6, 6.07) is 13.8. The molecule has 0 bridgehead atoms. The lowest BCUT2D eigenvalue weighted by atomic mass is 9.96. The molecule has 2 unspecified atom stereocenters. The Morgan fingerprint density at radius 3 is 2.44 bits per heavy atom. The van der Waals surface area contributed by atoms with Crippen LogP contribution in [0, 0.1) is 0 Å². The number of amides is 2. The summed E-state index contributed by atoms with van der Waals surface area (Å²) in [5.41, 5.74) is 2.05. The number of thioether (sulfide) groups is 1. The maximum atomic E-state index is 12.3.